The summed E-state index contributed by atoms with van der Waals surface area (Å²) in [5.41, 5.74) is 6.13. The van der Waals surface area contributed by atoms with Gasteiger partial charge >= 0.3 is 0 Å². The lowest BCUT2D eigenvalue weighted by Crippen LogP contribution is -2.43. The Labute approximate surface area is 103 Å². The van der Waals surface area contributed by atoms with Crippen LogP contribution in [0.15, 0.2) is 12.1 Å². The lowest BCUT2D eigenvalue weighted by Gasteiger charge is -2.31. The fourth-order valence-corrected chi connectivity index (χ4v) is 1.06. The minimum atomic E-state index is -0.0592. The molecule has 0 radical (unpaired) electrons. The number of methoxy groups -OCH3 is 1. The van der Waals surface area contributed by atoms with Gasteiger partial charge in [0.15, 0.2) is 0 Å². The first-order valence-corrected chi connectivity index (χ1v) is 5.47. The van der Waals surface area contributed by atoms with E-state index in [1.807, 2.05) is 14.1 Å². The predicted molar refractivity (Wildman–Crippen MR) is 68.5 cm³/mol. The number of pyridine rings is 1. The minimum Gasteiger partial charge on any atom is -0.479 e. The van der Waals surface area contributed by atoms with Gasteiger partial charge in [-0.3, -0.25) is 0 Å². The maximum absolute atomic E-state index is 5.68. The lowest BCUT2D eigenvalue weighted by atomic mass is 10.1. The summed E-state index contributed by atoms with van der Waals surface area (Å²) in [6.07, 6.45) is 0. The smallest absolute Gasteiger partial charge is 0.240 e. The summed E-state index contributed by atoms with van der Waals surface area (Å²) < 4.78 is 10.7. The SMILES string of the molecule is COc1nc(OCC(C)(C)N(C)C)ccc1N. The third kappa shape index (κ3) is 3.49. The number of aromatic nitrogens is 1. The number of likely N-dealkylation sites (N-methyl/N-ethyl adjacent to an activating group) is 1. The zero-order valence-corrected chi connectivity index (χ0v) is 11.2. The first-order valence-electron chi connectivity index (χ1n) is 5.47. The Balaban J connectivity index is 2.70. The Morgan fingerprint density at radius 2 is 2.00 bits per heavy atom. The Morgan fingerprint density at radius 3 is 2.53 bits per heavy atom. The topological polar surface area (TPSA) is 60.6 Å². The van der Waals surface area contributed by atoms with Crippen LogP contribution in [0.5, 0.6) is 11.8 Å². The van der Waals surface area contributed by atoms with E-state index in [1.54, 1.807) is 12.1 Å². The lowest BCUT2D eigenvalue weighted by molar-refractivity contribution is 0.110. The van der Waals surface area contributed by atoms with E-state index in [0.29, 0.717) is 24.1 Å². The average Bonchev–Trinajstić information content (AvgIpc) is 2.28. The van der Waals surface area contributed by atoms with Crippen molar-refractivity contribution in [2.45, 2.75) is 19.4 Å². The molecule has 17 heavy (non-hydrogen) atoms. The molecule has 0 atom stereocenters. The molecule has 0 saturated heterocycles. The van der Waals surface area contributed by atoms with Gasteiger partial charge in [-0.25, -0.2) is 0 Å². The van der Waals surface area contributed by atoms with Crippen LogP contribution in [-0.2, 0) is 0 Å². The standard InChI is InChI=1S/C12H21N3O2/c1-12(2,15(3)4)8-17-10-7-6-9(13)11(14-10)16-5/h6-7H,8,13H2,1-5H3. The molecule has 0 fully saturated rings. The zero-order valence-electron chi connectivity index (χ0n) is 11.2. The summed E-state index contributed by atoms with van der Waals surface area (Å²) in [7, 11) is 5.56. The summed E-state index contributed by atoms with van der Waals surface area (Å²) in [6.45, 7) is 4.74. The van der Waals surface area contributed by atoms with Crippen molar-refractivity contribution in [3.05, 3.63) is 12.1 Å². The molecule has 0 aliphatic carbocycles. The van der Waals surface area contributed by atoms with Crippen molar-refractivity contribution in [1.82, 2.24) is 9.88 Å². The summed E-state index contributed by atoms with van der Waals surface area (Å²) in [5.74, 6) is 0.913. The molecule has 1 rings (SSSR count). The molecule has 1 heterocycles. The zero-order chi connectivity index (χ0) is 13.1. The second-order valence-electron chi connectivity index (χ2n) is 4.74. The van der Waals surface area contributed by atoms with Crippen molar-refractivity contribution in [3.63, 3.8) is 0 Å². The molecule has 5 nitrogen and oxygen atoms in total. The monoisotopic (exact) mass is 239 g/mol. The molecule has 0 unspecified atom stereocenters. The summed E-state index contributed by atoms with van der Waals surface area (Å²) in [5, 5.41) is 0. The molecule has 0 bridgehead atoms. The third-order valence-corrected chi connectivity index (χ3v) is 2.84. The number of nitrogens with zero attached hydrogens (tertiary/aromatic N) is 2. The van der Waals surface area contributed by atoms with Crippen LogP contribution in [0.3, 0.4) is 0 Å². The van der Waals surface area contributed by atoms with E-state index >= 15 is 0 Å². The highest BCUT2D eigenvalue weighted by Gasteiger charge is 2.21. The molecule has 1 aromatic rings. The first-order chi connectivity index (χ1) is 7.86. The largest absolute Gasteiger partial charge is 0.479 e. The molecule has 0 aliphatic heterocycles. The van der Waals surface area contributed by atoms with Gasteiger partial charge in [0.05, 0.1) is 12.8 Å². The molecule has 1 aromatic heterocycles. The maximum atomic E-state index is 5.68. The Kier molecular flexibility index (Phi) is 4.17. The fourth-order valence-electron chi connectivity index (χ4n) is 1.06. The second-order valence-corrected chi connectivity index (χ2v) is 4.74. The Bertz CT molecular complexity index is 378. The first kappa shape index (κ1) is 13.6. The maximum Gasteiger partial charge on any atom is 0.240 e. The Morgan fingerprint density at radius 1 is 1.35 bits per heavy atom. The van der Waals surface area contributed by atoms with Crippen molar-refractivity contribution in [2.24, 2.45) is 0 Å². The van der Waals surface area contributed by atoms with Crippen LogP contribution in [0.25, 0.3) is 0 Å². The van der Waals surface area contributed by atoms with Gasteiger partial charge in [-0.2, -0.15) is 4.98 Å². The second kappa shape index (κ2) is 5.23. The highest BCUT2D eigenvalue weighted by Crippen LogP contribution is 2.22. The van der Waals surface area contributed by atoms with E-state index in [-0.39, 0.29) is 5.54 Å². The van der Waals surface area contributed by atoms with Crippen LogP contribution in [0.4, 0.5) is 5.69 Å². The minimum absolute atomic E-state index is 0.0592. The van der Waals surface area contributed by atoms with Gasteiger partial charge in [0.1, 0.15) is 6.61 Å². The van der Waals surface area contributed by atoms with Crippen molar-refractivity contribution < 1.29 is 9.47 Å². The number of hydrogen-bond donors (Lipinski definition) is 1. The van der Waals surface area contributed by atoms with Crippen molar-refractivity contribution in [2.75, 3.05) is 33.5 Å². The van der Waals surface area contributed by atoms with E-state index in [0.717, 1.165) is 0 Å². The van der Waals surface area contributed by atoms with Gasteiger partial charge in [-0.05, 0) is 34.0 Å². The number of nitrogen functional groups attached to an aromatic ring is 1. The average molecular weight is 239 g/mol. The van der Waals surface area contributed by atoms with Crippen LogP contribution < -0.4 is 15.2 Å². The van der Waals surface area contributed by atoms with Crippen molar-refractivity contribution in [1.29, 1.82) is 0 Å². The molecule has 0 amide bonds. The molecular weight excluding hydrogens is 218 g/mol. The van der Waals surface area contributed by atoms with Crippen molar-refractivity contribution in [3.8, 4) is 11.8 Å². The highest BCUT2D eigenvalue weighted by atomic mass is 16.5. The van der Waals surface area contributed by atoms with Crippen LogP contribution >= 0.6 is 0 Å². The molecule has 0 saturated carbocycles. The molecule has 5 heteroatoms. The summed E-state index contributed by atoms with van der Waals surface area (Å²) in [4.78, 5) is 6.26. The third-order valence-electron chi connectivity index (χ3n) is 2.84. The highest BCUT2D eigenvalue weighted by molar-refractivity contribution is 5.49. The summed E-state index contributed by atoms with van der Waals surface area (Å²) in [6, 6.07) is 3.47. The number of nitrogens with two attached hydrogens (primary N) is 1. The van der Waals surface area contributed by atoms with Crippen LogP contribution in [0.2, 0.25) is 0 Å². The van der Waals surface area contributed by atoms with E-state index < -0.39 is 0 Å². The van der Waals surface area contributed by atoms with E-state index in [9.17, 15) is 0 Å². The van der Waals surface area contributed by atoms with E-state index in [2.05, 4.69) is 23.7 Å². The van der Waals surface area contributed by atoms with Crippen molar-refractivity contribution >= 4 is 5.69 Å². The molecule has 0 spiro atoms. The van der Waals surface area contributed by atoms with Gasteiger partial charge in [0.25, 0.3) is 0 Å². The molecular formula is C12H21N3O2. The fraction of sp³-hybridized carbons (Fsp3) is 0.583. The van der Waals surface area contributed by atoms with Crippen LogP contribution in [-0.4, -0.2) is 43.2 Å². The molecule has 96 valence electrons. The predicted octanol–water partition coefficient (Wildman–Crippen LogP) is 1.39. The van der Waals surface area contributed by atoms with Gasteiger partial charge in [0.2, 0.25) is 11.8 Å². The molecule has 0 aromatic carbocycles. The summed E-state index contributed by atoms with van der Waals surface area (Å²) >= 11 is 0. The van der Waals surface area contributed by atoms with E-state index in [4.69, 9.17) is 15.2 Å². The quantitative estimate of drug-likeness (QED) is 0.841. The van der Waals surface area contributed by atoms with Crippen LogP contribution in [0.1, 0.15) is 13.8 Å². The van der Waals surface area contributed by atoms with E-state index in [1.165, 1.54) is 7.11 Å². The van der Waals surface area contributed by atoms with Crippen LogP contribution in [0, 0.1) is 0 Å². The number of hydrogen-bond acceptors (Lipinski definition) is 5. The number of anilines is 1. The Hall–Kier alpha value is -1.49. The number of ether oxygens (including phenoxy) is 2. The molecule has 0 aliphatic rings. The molecule has 2 N–H and O–H groups in total. The number of rotatable bonds is 5. The normalized spacial score (nSPS) is 11.6. The van der Waals surface area contributed by atoms with Gasteiger partial charge in [0, 0.05) is 11.6 Å². The van der Waals surface area contributed by atoms with Gasteiger partial charge in [-0.15, -0.1) is 0 Å². The van der Waals surface area contributed by atoms with Gasteiger partial charge < -0.3 is 20.1 Å². The van der Waals surface area contributed by atoms with Gasteiger partial charge in [-0.1, -0.05) is 0 Å².